The predicted octanol–water partition coefficient (Wildman–Crippen LogP) is 2.86. The lowest BCUT2D eigenvalue weighted by molar-refractivity contribution is 0.249. The van der Waals surface area contributed by atoms with Crippen LogP contribution in [0.3, 0.4) is 0 Å². The van der Waals surface area contributed by atoms with Crippen molar-refractivity contribution >= 4 is 11.6 Å². The molecule has 1 aliphatic heterocycles. The van der Waals surface area contributed by atoms with Gasteiger partial charge in [0.2, 0.25) is 0 Å². The SMILES string of the molecule is CC1Cc2cc(Cl)cc(C(C)(C)N)c2O1. The van der Waals surface area contributed by atoms with E-state index >= 15 is 0 Å². The Labute approximate surface area is 95.4 Å². The van der Waals surface area contributed by atoms with Gasteiger partial charge in [-0.25, -0.2) is 0 Å². The van der Waals surface area contributed by atoms with E-state index in [9.17, 15) is 0 Å². The van der Waals surface area contributed by atoms with Gasteiger partial charge >= 0.3 is 0 Å². The summed E-state index contributed by atoms with van der Waals surface area (Å²) in [5.41, 5.74) is 7.85. The molecule has 15 heavy (non-hydrogen) atoms. The summed E-state index contributed by atoms with van der Waals surface area (Å²) in [7, 11) is 0. The largest absolute Gasteiger partial charge is 0.490 e. The Morgan fingerprint density at radius 2 is 2.13 bits per heavy atom. The molecule has 1 atom stereocenters. The van der Waals surface area contributed by atoms with Crippen molar-refractivity contribution in [3.8, 4) is 5.75 Å². The van der Waals surface area contributed by atoms with Gasteiger partial charge in [0.25, 0.3) is 0 Å². The van der Waals surface area contributed by atoms with Gasteiger partial charge in [-0.15, -0.1) is 0 Å². The molecule has 1 unspecified atom stereocenters. The molecule has 2 rings (SSSR count). The maximum atomic E-state index is 6.11. The van der Waals surface area contributed by atoms with Gasteiger partial charge in [0, 0.05) is 22.5 Å². The molecule has 1 aromatic carbocycles. The molecule has 3 heteroatoms. The van der Waals surface area contributed by atoms with Crippen molar-refractivity contribution in [2.45, 2.75) is 38.8 Å². The smallest absolute Gasteiger partial charge is 0.128 e. The first-order valence-corrected chi connectivity index (χ1v) is 5.54. The molecule has 0 saturated heterocycles. The van der Waals surface area contributed by atoms with Gasteiger partial charge in [0.15, 0.2) is 0 Å². The summed E-state index contributed by atoms with van der Waals surface area (Å²) in [5, 5.41) is 0.736. The van der Waals surface area contributed by atoms with Gasteiger partial charge in [-0.05, 0) is 38.5 Å². The molecule has 0 fully saturated rings. The lowest BCUT2D eigenvalue weighted by Crippen LogP contribution is -2.29. The fourth-order valence-corrected chi connectivity index (χ4v) is 2.21. The average molecular weight is 226 g/mol. The zero-order valence-electron chi connectivity index (χ0n) is 9.30. The van der Waals surface area contributed by atoms with E-state index < -0.39 is 5.54 Å². The summed E-state index contributed by atoms with van der Waals surface area (Å²) in [4.78, 5) is 0. The molecule has 1 aromatic rings. The normalized spacial score (nSPS) is 19.9. The van der Waals surface area contributed by atoms with Gasteiger partial charge in [0.05, 0.1) is 0 Å². The van der Waals surface area contributed by atoms with Crippen molar-refractivity contribution < 1.29 is 4.74 Å². The minimum Gasteiger partial charge on any atom is -0.490 e. The van der Waals surface area contributed by atoms with E-state index in [0.29, 0.717) is 0 Å². The van der Waals surface area contributed by atoms with Crippen LogP contribution in [0.2, 0.25) is 5.02 Å². The molecule has 0 radical (unpaired) electrons. The molecular formula is C12H16ClNO. The van der Waals surface area contributed by atoms with Crippen LogP contribution in [0.5, 0.6) is 5.75 Å². The molecule has 0 aromatic heterocycles. The number of nitrogens with two attached hydrogens (primary N) is 1. The summed E-state index contributed by atoms with van der Waals surface area (Å²) in [6.45, 7) is 5.98. The third kappa shape index (κ3) is 1.97. The summed E-state index contributed by atoms with van der Waals surface area (Å²) < 4.78 is 5.78. The predicted molar refractivity (Wildman–Crippen MR) is 62.5 cm³/mol. The van der Waals surface area contributed by atoms with Crippen LogP contribution >= 0.6 is 11.6 Å². The molecule has 0 saturated carbocycles. The lowest BCUT2D eigenvalue weighted by atomic mass is 9.92. The van der Waals surface area contributed by atoms with Crippen LogP contribution in [0.4, 0.5) is 0 Å². The molecule has 0 aliphatic carbocycles. The Bertz CT molecular complexity index is 395. The number of ether oxygens (including phenoxy) is 1. The second-order valence-corrected chi connectivity index (χ2v) is 5.23. The van der Waals surface area contributed by atoms with Crippen LogP contribution in [-0.4, -0.2) is 6.10 Å². The van der Waals surface area contributed by atoms with Crippen LogP contribution in [-0.2, 0) is 12.0 Å². The summed E-state index contributed by atoms with van der Waals surface area (Å²) >= 11 is 6.07. The van der Waals surface area contributed by atoms with E-state index in [1.54, 1.807) is 0 Å². The van der Waals surface area contributed by atoms with E-state index in [4.69, 9.17) is 22.1 Å². The minimum absolute atomic E-state index is 0.222. The monoisotopic (exact) mass is 225 g/mol. The minimum atomic E-state index is -0.418. The van der Waals surface area contributed by atoms with Gasteiger partial charge in [-0.1, -0.05) is 11.6 Å². The number of benzene rings is 1. The number of rotatable bonds is 1. The van der Waals surface area contributed by atoms with E-state index in [1.165, 1.54) is 5.56 Å². The Morgan fingerprint density at radius 1 is 1.47 bits per heavy atom. The van der Waals surface area contributed by atoms with Crippen molar-refractivity contribution in [3.05, 3.63) is 28.3 Å². The number of hydrogen-bond donors (Lipinski definition) is 1. The molecule has 1 aliphatic rings. The molecule has 0 spiro atoms. The van der Waals surface area contributed by atoms with E-state index in [1.807, 2.05) is 26.0 Å². The summed E-state index contributed by atoms with van der Waals surface area (Å²) in [5.74, 6) is 0.930. The zero-order valence-corrected chi connectivity index (χ0v) is 10.1. The fraction of sp³-hybridized carbons (Fsp3) is 0.500. The fourth-order valence-electron chi connectivity index (χ4n) is 1.97. The van der Waals surface area contributed by atoms with Gasteiger partial charge < -0.3 is 10.5 Å². The number of halogens is 1. The van der Waals surface area contributed by atoms with E-state index in [2.05, 4.69) is 6.92 Å². The second-order valence-electron chi connectivity index (χ2n) is 4.80. The third-order valence-electron chi connectivity index (χ3n) is 2.65. The van der Waals surface area contributed by atoms with Crippen molar-refractivity contribution in [1.82, 2.24) is 0 Å². The first kappa shape index (κ1) is 10.8. The van der Waals surface area contributed by atoms with Gasteiger partial charge in [-0.2, -0.15) is 0 Å². The Kier molecular flexibility index (Phi) is 2.44. The van der Waals surface area contributed by atoms with Crippen molar-refractivity contribution in [1.29, 1.82) is 0 Å². The zero-order chi connectivity index (χ0) is 11.2. The van der Waals surface area contributed by atoms with E-state index in [-0.39, 0.29) is 6.10 Å². The van der Waals surface area contributed by atoms with Crippen LogP contribution in [0, 0.1) is 0 Å². The highest BCUT2D eigenvalue weighted by atomic mass is 35.5. The number of fused-ring (bicyclic) bond motifs is 1. The molecular weight excluding hydrogens is 210 g/mol. The Hall–Kier alpha value is -0.730. The van der Waals surface area contributed by atoms with Gasteiger partial charge in [0.1, 0.15) is 11.9 Å². The highest BCUT2D eigenvalue weighted by Gasteiger charge is 2.28. The Morgan fingerprint density at radius 3 is 2.73 bits per heavy atom. The topological polar surface area (TPSA) is 35.2 Å². The first-order valence-electron chi connectivity index (χ1n) is 5.16. The van der Waals surface area contributed by atoms with Crippen molar-refractivity contribution in [2.75, 3.05) is 0 Å². The molecule has 0 amide bonds. The second kappa shape index (κ2) is 3.39. The Balaban J connectivity index is 2.57. The van der Waals surface area contributed by atoms with Gasteiger partial charge in [-0.3, -0.25) is 0 Å². The van der Waals surface area contributed by atoms with Crippen molar-refractivity contribution in [3.63, 3.8) is 0 Å². The van der Waals surface area contributed by atoms with E-state index in [0.717, 1.165) is 22.8 Å². The summed E-state index contributed by atoms with van der Waals surface area (Å²) in [6, 6.07) is 3.87. The maximum absolute atomic E-state index is 6.11. The highest BCUT2D eigenvalue weighted by molar-refractivity contribution is 6.30. The molecule has 0 bridgehead atoms. The van der Waals surface area contributed by atoms with Crippen molar-refractivity contribution in [2.24, 2.45) is 5.73 Å². The average Bonchev–Trinajstić information content (AvgIpc) is 2.41. The molecule has 82 valence electrons. The molecule has 1 heterocycles. The maximum Gasteiger partial charge on any atom is 0.128 e. The van der Waals surface area contributed by atoms with Crippen LogP contribution in [0.15, 0.2) is 12.1 Å². The summed E-state index contributed by atoms with van der Waals surface area (Å²) in [6.07, 6.45) is 1.14. The molecule has 2 N–H and O–H groups in total. The number of hydrogen-bond acceptors (Lipinski definition) is 2. The first-order chi connectivity index (χ1) is 6.88. The van der Waals surface area contributed by atoms with Crippen LogP contribution < -0.4 is 10.5 Å². The lowest BCUT2D eigenvalue weighted by Gasteiger charge is -2.22. The quantitative estimate of drug-likeness (QED) is 0.798. The third-order valence-corrected chi connectivity index (χ3v) is 2.87. The van der Waals surface area contributed by atoms with Crippen LogP contribution in [0.1, 0.15) is 31.9 Å². The highest BCUT2D eigenvalue weighted by Crippen LogP contribution is 2.39. The van der Waals surface area contributed by atoms with Crippen LogP contribution in [0.25, 0.3) is 0 Å². The standard InChI is InChI=1S/C12H16ClNO/c1-7-4-8-5-9(13)6-10(11(8)15-7)12(2,3)14/h5-7H,4,14H2,1-3H3. The molecule has 2 nitrogen and oxygen atoms in total.